The van der Waals surface area contributed by atoms with E-state index in [1.165, 1.54) is 37.8 Å². The monoisotopic (exact) mass is 303 g/mol. The Labute approximate surface area is 120 Å². The zero-order valence-corrected chi connectivity index (χ0v) is 13.3. The van der Waals surface area contributed by atoms with E-state index in [9.17, 15) is 8.42 Å². The van der Waals surface area contributed by atoms with E-state index in [0.717, 1.165) is 0 Å². The minimum atomic E-state index is -3.68. The van der Waals surface area contributed by atoms with Crippen LogP contribution in [0, 0.1) is 0 Å². The third kappa shape index (κ3) is 2.99. The molecule has 0 aliphatic carbocycles. The standard InChI is InChI=1S/C13H21NO5S/c1-6-14(7-2)20(15,16)13-11(18-4)8-10(17-3)9-12(13)19-5/h8-9H,6-7H2,1-5H3. The lowest BCUT2D eigenvalue weighted by atomic mass is 10.3. The summed E-state index contributed by atoms with van der Waals surface area (Å²) in [6.45, 7) is 4.31. The number of hydrogen-bond acceptors (Lipinski definition) is 5. The molecule has 0 heterocycles. The van der Waals surface area contributed by atoms with Crippen molar-refractivity contribution in [1.82, 2.24) is 4.31 Å². The van der Waals surface area contributed by atoms with Crippen molar-refractivity contribution < 1.29 is 22.6 Å². The van der Waals surface area contributed by atoms with Crippen molar-refractivity contribution in [2.75, 3.05) is 34.4 Å². The molecule has 0 unspecified atom stereocenters. The van der Waals surface area contributed by atoms with Crippen LogP contribution in [0.1, 0.15) is 13.8 Å². The molecule has 0 aliphatic rings. The summed E-state index contributed by atoms with van der Waals surface area (Å²) >= 11 is 0. The second-order valence-corrected chi connectivity index (χ2v) is 5.83. The van der Waals surface area contributed by atoms with Gasteiger partial charge in [0, 0.05) is 25.2 Å². The maximum absolute atomic E-state index is 12.7. The summed E-state index contributed by atoms with van der Waals surface area (Å²) in [6.07, 6.45) is 0. The van der Waals surface area contributed by atoms with Gasteiger partial charge in [0.25, 0.3) is 0 Å². The fraction of sp³-hybridized carbons (Fsp3) is 0.538. The van der Waals surface area contributed by atoms with Gasteiger partial charge in [0.05, 0.1) is 21.3 Å². The Morgan fingerprint density at radius 2 is 1.40 bits per heavy atom. The normalized spacial score (nSPS) is 11.5. The van der Waals surface area contributed by atoms with E-state index in [4.69, 9.17) is 14.2 Å². The smallest absolute Gasteiger partial charge is 0.250 e. The second kappa shape index (κ2) is 6.81. The summed E-state index contributed by atoms with van der Waals surface area (Å²) in [6, 6.07) is 3.05. The first-order chi connectivity index (χ1) is 9.45. The van der Waals surface area contributed by atoms with E-state index < -0.39 is 10.0 Å². The quantitative estimate of drug-likeness (QED) is 0.767. The van der Waals surface area contributed by atoms with Gasteiger partial charge in [-0.2, -0.15) is 4.31 Å². The number of rotatable bonds is 7. The first-order valence-electron chi connectivity index (χ1n) is 6.26. The van der Waals surface area contributed by atoms with E-state index in [0.29, 0.717) is 18.8 Å². The van der Waals surface area contributed by atoms with Crippen LogP contribution in [-0.2, 0) is 10.0 Å². The Morgan fingerprint density at radius 3 is 1.70 bits per heavy atom. The van der Waals surface area contributed by atoms with Crippen molar-refractivity contribution in [3.8, 4) is 17.2 Å². The Bertz CT molecular complexity index is 527. The molecular weight excluding hydrogens is 282 g/mol. The molecule has 0 bridgehead atoms. The van der Waals surface area contributed by atoms with Gasteiger partial charge in [-0.05, 0) is 0 Å². The summed E-state index contributed by atoms with van der Waals surface area (Å²) in [5.41, 5.74) is 0. The number of sulfonamides is 1. The molecule has 20 heavy (non-hydrogen) atoms. The first-order valence-corrected chi connectivity index (χ1v) is 7.70. The summed E-state index contributed by atoms with van der Waals surface area (Å²) in [5, 5.41) is 0. The SMILES string of the molecule is CCN(CC)S(=O)(=O)c1c(OC)cc(OC)cc1OC. The minimum absolute atomic E-state index is 0.0204. The predicted octanol–water partition coefficient (Wildman–Crippen LogP) is 1.74. The molecular formula is C13H21NO5S. The molecule has 0 atom stereocenters. The molecule has 7 heteroatoms. The Balaban J connectivity index is 3.57. The van der Waals surface area contributed by atoms with Gasteiger partial charge in [-0.1, -0.05) is 13.8 Å². The third-order valence-electron chi connectivity index (χ3n) is 2.97. The van der Waals surface area contributed by atoms with Crippen molar-refractivity contribution in [3.05, 3.63) is 12.1 Å². The third-order valence-corrected chi connectivity index (χ3v) is 5.09. The molecule has 0 amide bonds. The van der Waals surface area contributed by atoms with Gasteiger partial charge in [-0.25, -0.2) is 8.42 Å². The second-order valence-electron chi connectivity index (χ2n) is 3.95. The molecule has 0 aliphatic heterocycles. The van der Waals surface area contributed by atoms with Crippen LogP contribution in [-0.4, -0.2) is 47.1 Å². The summed E-state index contributed by atoms with van der Waals surface area (Å²) in [7, 11) is 0.633. The van der Waals surface area contributed by atoms with Crippen LogP contribution in [0.5, 0.6) is 17.2 Å². The predicted molar refractivity (Wildman–Crippen MR) is 76.2 cm³/mol. The Morgan fingerprint density at radius 1 is 0.950 bits per heavy atom. The van der Waals surface area contributed by atoms with E-state index in [1.807, 2.05) is 0 Å². The molecule has 0 N–H and O–H groups in total. The number of hydrogen-bond donors (Lipinski definition) is 0. The molecule has 0 fully saturated rings. The Hall–Kier alpha value is -1.47. The van der Waals surface area contributed by atoms with Gasteiger partial charge in [0.2, 0.25) is 10.0 Å². The van der Waals surface area contributed by atoms with E-state index in [1.54, 1.807) is 13.8 Å². The maximum atomic E-state index is 12.7. The molecule has 114 valence electrons. The molecule has 1 aromatic rings. The highest BCUT2D eigenvalue weighted by atomic mass is 32.2. The largest absolute Gasteiger partial charge is 0.496 e. The van der Waals surface area contributed by atoms with Crippen LogP contribution < -0.4 is 14.2 Å². The maximum Gasteiger partial charge on any atom is 0.250 e. The molecule has 0 spiro atoms. The number of benzene rings is 1. The van der Waals surface area contributed by atoms with Crippen molar-refractivity contribution >= 4 is 10.0 Å². The van der Waals surface area contributed by atoms with Gasteiger partial charge >= 0.3 is 0 Å². The van der Waals surface area contributed by atoms with Crippen molar-refractivity contribution in [1.29, 1.82) is 0 Å². The van der Waals surface area contributed by atoms with Crippen molar-refractivity contribution in [3.63, 3.8) is 0 Å². The lowest BCUT2D eigenvalue weighted by Crippen LogP contribution is -2.31. The molecule has 0 aromatic heterocycles. The van der Waals surface area contributed by atoms with E-state index in [2.05, 4.69) is 0 Å². The number of methoxy groups -OCH3 is 3. The molecule has 6 nitrogen and oxygen atoms in total. The van der Waals surface area contributed by atoms with E-state index in [-0.39, 0.29) is 16.4 Å². The van der Waals surface area contributed by atoms with Crippen LogP contribution >= 0.6 is 0 Å². The number of nitrogens with zero attached hydrogens (tertiary/aromatic N) is 1. The fourth-order valence-electron chi connectivity index (χ4n) is 1.92. The van der Waals surface area contributed by atoms with Crippen LogP contribution in [0.4, 0.5) is 0 Å². The van der Waals surface area contributed by atoms with Gasteiger partial charge < -0.3 is 14.2 Å². The average molecular weight is 303 g/mol. The van der Waals surface area contributed by atoms with E-state index >= 15 is 0 Å². The molecule has 0 radical (unpaired) electrons. The number of ether oxygens (including phenoxy) is 3. The summed E-state index contributed by atoms with van der Waals surface area (Å²) in [4.78, 5) is 0.0204. The minimum Gasteiger partial charge on any atom is -0.496 e. The zero-order valence-electron chi connectivity index (χ0n) is 12.5. The Kier molecular flexibility index (Phi) is 5.64. The van der Waals surface area contributed by atoms with Crippen LogP contribution in [0.25, 0.3) is 0 Å². The molecule has 0 saturated carbocycles. The summed E-state index contributed by atoms with van der Waals surface area (Å²) in [5.74, 6) is 0.874. The van der Waals surface area contributed by atoms with Gasteiger partial charge in [0.1, 0.15) is 17.2 Å². The summed E-state index contributed by atoms with van der Waals surface area (Å²) < 4.78 is 42.2. The molecule has 1 aromatic carbocycles. The van der Waals surface area contributed by atoms with Crippen LogP contribution in [0.2, 0.25) is 0 Å². The lowest BCUT2D eigenvalue weighted by molar-refractivity contribution is 0.354. The van der Waals surface area contributed by atoms with Crippen LogP contribution in [0.3, 0.4) is 0 Å². The lowest BCUT2D eigenvalue weighted by Gasteiger charge is -2.22. The highest BCUT2D eigenvalue weighted by Gasteiger charge is 2.30. The van der Waals surface area contributed by atoms with Crippen molar-refractivity contribution in [2.24, 2.45) is 0 Å². The van der Waals surface area contributed by atoms with Gasteiger partial charge in [-0.15, -0.1) is 0 Å². The zero-order chi connectivity index (χ0) is 15.3. The van der Waals surface area contributed by atoms with Crippen LogP contribution in [0.15, 0.2) is 17.0 Å². The van der Waals surface area contributed by atoms with Gasteiger partial charge in [0.15, 0.2) is 4.90 Å². The molecule has 0 saturated heterocycles. The molecule has 1 rings (SSSR count). The first kappa shape index (κ1) is 16.6. The van der Waals surface area contributed by atoms with Crippen molar-refractivity contribution in [2.45, 2.75) is 18.7 Å². The average Bonchev–Trinajstić information content (AvgIpc) is 2.46. The topological polar surface area (TPSA) is 65.1 Å². The highest BCUT2D eigenvalue weighted by molar-refractivity contribution is 7.89. The highest BCUT2D eigenvalue weighted by Crippen LogP contribution is 2.39. The fourth-order valence-corrected chi connectivity index (χ4v) is 3.65. The van der Waals surface area contributed by atoms with Gasteiger partial charge in [-0.3, -0.25) is 0 Å².